The topological polar surface area (TPSA) is 62.7 Å². The van der Waals surface area contributed by atoms with Gasteiger partial charge in [-0.25, -0.2) is 4.98 Å². The van der Waals surface area contributed by atoms with Crippen LogP contribution >= 0.6 is 0 Å². The van der Waals surface area contributed by atoms with E-state index in [1.165, 1.54) is 0 Å². The molecule has 6 heteroatoms. The fraction of sp³-hybridized carbons (Fsp3) is 0.533. The van der Waals surface area contributed by atoms with Gasteiger partial charge in [0, 0.05) is 38.6 Å². The summed E-state index contributed by atoms with van der Waals surface area (Å²) < 4.78 is 4.19. The third-order valence-electron chi connectivity index (χ3n) is 3.84. The normalized spacial score (nSPS) is 15.4. The molecule has 21 heavy (non-hydrogen) atoms. The van der Waals surface area contributed by atoms with Crippen molar-refractivity contribution in [3.05, 3.63) is 35.7 Å². The monoisotopic (exact) mass is 284 g/mol. The molecule has 0 aliphatic carbocycles. The molecule has 2 aromatic heterocycles. The summed E-state index contributed by atoms with van der Waals surface area (Å²) in [6.07, 6.45) is 6.09. The van der Waals surface area contributed by atoms with Gasteiger partial charge in [0.2, 0.25) is 0 Å². The van der Waals surface area contributed by atoms with Crippen LogP contribution < -0.4 is 0 Å². The van der Waals surface area contributed by atoms with Crippen LogP contribution in [0.15, 0.2) is 18.5 Å². The van der Waals surface area contributed by atoms with Crippen LogP contribution in [0.5, 0.6) is 0 Å². The van der Waals surface area contributed by atoms with Gasteiger partial charge in [0.05, 0.1) is 12.2 Å². The highest BCUT2D eigenvalue weighted by molar-refractivity contribution is 5.22. The highest BCUT2D eigenvalue weighted by Gasteiger charge is 2.18. The standard InChI is InChI=1S/C15H20N6/c1-2-5-20-8-4-17-15(20)12-19-6-3-7-21-14(11-19)9-13(10-16)18-21/h4,8-9H,2-3,5-7,11-12H2,1H3. The molecule has 110 valence electrons. The van der Waals surface area contributed by atoms with E-state index < -0.39 is 0 Å². The van der Waals surface area contributed by atoms with E-state index >= 15 is 0 Å². The Labute approximate surface area is 124 Å². The van der Waals surface area contributed by atoms with Crippen molar-refractivity contribution < 1.29 is 0 Å². The molecule has 0 bridgehead atoms. The van der Waals surface area contributed by atoms with Crippen molar-refractivity contribution in [3.8, 4) is 6.07 Å². The predicted molar refractivity (Wildman–Crippen MR) is 78.2 cm³/mol. The van der Waals surface area contributed by atoms with Gasteiger partial charge in [-0.3, -0.25) is 9.58 Å². The first-order valence-corrected chi connectivity index (χ1v) is 7.49. The van der Waals surface area contributed by atoms with Crippen molar-refractivity contribution in [2.45, 2.75) is 45.9 Å². The third-order valence-corrected chi connectivity index (χ3v) is 3.84. The van der Waals surface area contributed by atoms with E-state index in [2.05, 4.69) is 38.7 Å². The van der Waals surface area contributed by atoms with Crippen LogP contribution in [0.2, 0.25) is 0 Å². The molecule has 0 spiro atoms. The molecule has 3 rings (SSSR count). The minimum Gasteiger partial charge on any atom is -0.334 e. The first-order chi connectivity index (χ1) is 10.3. The molecular weight excluding hydrogens is 264 g/mol. The predicted octanol–water partition coefficient (Wildman–Crippen LogP) is 1.77. The Bertz CT molecular complexity index is 647. The first-order valence-electron chi connectivity index (χ1n) is 7.49. The highest BCUT2D eigenvalue weighted by atomic mass is 15.3. The van der Waals surface area contributed by atoms with Crippen molar-refractivity contribution in [2.75, 3.05) is 6.54 Å². The van der Waals surface area contributed by atoms with Gasteiger partial charge in [0.15, 0.2) is 5.69 Å². The fourth-order valence-corrected chi connectivity index (χ4v) is 2.85. The molecule has 0 saturated carbocycles. The van der Waals surface area contributed by atoms with E-state index in [0.717, 1.165) is 57.1 Å². The number of aryl methyl sites for hydroxylation is 2. The number of hydrogen-bond acceptors (Lipinski definition) is 4. The summed E-state index contributed by atoms with van der Waals surface area (Å²) in [6, 6.07) is 4.02. The first kappa shape index (κ1) is 13.8. The minimum absolute atomic E-state index is 0.513. The van der Waals surface area contributed by atoms with E-state index in [9.17, 15) is 0 Å². The van der Waals surface area contributed by atoms with Gasteiger partial charge in [-0.05, 0) is 18.9 Å². The zero-order valence-corrected chi connectivity index (χ0v) is 12.4. The molecule has 0 atom stereocenters. The lowest BCUT2D eigenvalue weighted by Crippen LogP contribution is -2.24. The SMILES string of the molecule is CCCn1ccnc1CN1CCCn2nc(C#N)cc2C1. The second-order valence-corrected chi connectivity index (χ2v) is 5.46. The Balaban J connectivity index is 1.74. The van der Waals surface area contributed by atoms with Crippen LogP contribution in [0.4, 0.5) is 0 Å². The maximum atomic E-state index is 8.97. The molecular formula is C15H20N6. The molecule has 1 aliphatic rings. The average molecular weight is 284 g/mol. The zero-order valence-electron chi connectivity index (χ0n) is 12.4. The van der Waals surface area contributed by atoms with E-state index in [4.69, 9.17) is 5.26 Å². The molecule has 6 nitrogen and oxygen atoms in total. The largest absolute Gasteiger partial charge is 0.334 e. The lowest BCUT2D eigenvalue weighted by molar-refractivity contribution is 0.250. The smallest absolute Gasteiger partial charge is 0.162 e. The van der Waals surface area contributed by atoms with Crippen molar-refractivity contribution in [1.82, 2.24) is 24.2 Å². The van der Waals surface area contributed by atoms with E-state index in [0.29, 0.717) is 5.69 Å². The maximum Gasteiger partial charge on any atom is 0.162 e. The van der Waals surface area contributed by atoms with Crippen LogP contribution in [0, 0.1) is 11.3 Å². The molecule has 0 saturated heterocycles. The summed E-state index contributed by atoms with van der Waals surface area (Å²) in [5.41, 5.74) is 1.64. The lowest BCUT2D eigenvalue weighted by Gasteiger charge is -2.19. The number of fused-ring (bicyclic) bond motifs is 1. The number of nitriles is 1. The van der Waals surface area contributed by atoms with E-state index in [-0.39, 0.29) is 0 Å². The van der Waals surface area contributed by atoms with Gasteiger partial charge < -0.3 is 4.57 Å². The van der Waals surface area contributed by atoms with Gasteiger partial charge in [-0.15, -0.1) is 0 Å². The molecule has 0 amide bonds. The lowest BCUT2D eigenvalue weighted by atomic mass is 10.3. The van der Waals surface area contributed by atoms with Crippen molar-refractivity contribution >= 4 is 0 Å². The molecule has 1 aliphatic heterocycles. The number of aromatic nitrogens is 4. The zero-order chi connectivity index (χ0) is 14.7. The van der Waals surface area contributed by atoms with Gasteiger partial charge in [0.1, 0.15) is 11.9 Å². The van der Waals surface area contributed by atoms with Crippen molar-refractivity contribution in [2.24, 2.45) is 0 Å². The van der Waals surface area contributed by atoms with E-state index in [1.54, 1.807) is 0 Å². The number of nitrogens with zero attached hydrogens (tertiary/aromatic N) is 6. The summed E-state index contributed by atoms with van der Waals surface area (Å²) in [5.74, 6) is 1.12. The van der Waals surface area contributed by atoms with Crippen LogP contribution in [-0.2, 0) is 26.2 Å². The van der Waals surface area contributed by atoms with Crippen LogP contribution in [0.3, 0.4) is 0 Å². The Kier molecular flexibility index (Phi) is 4.02. The molecule has 0 fully saturated rings. The Hall–Kier alpha value is -2.13. The Morgan fingerprint density at radius 1 is 1.38 bits per heavy atom. The quantitative estimate of drug-likeness (QED) is 0.858. The van der Waals surface area contributed by atoms with Crippen LogP contribution in [0.1, 0.15) is 37.0 Å². The fourth-order valence-electron chi connectivity index (χ4n) is 2.85. The molecule has 3 heterocycles. The summed E-state index contributed by atoms with van der Waals surface area (Å²) in [5, 5.41) is 13.3. The Morgan fingerprint density at radius 2 is 2.29 bits per heavy atom. The third kappa shape index (κ3) is 2.98. The van der Waals surface area contributed by atoms with Crippen molar-refractivity contribution in [3.63, 3.8) is 0 Å². The van der Waals surface area contributed by atoms with E-state index in [1.807, 2.05) is 16.9 Å². The van der Waals surface area contributed by atoms with Gasteiger partial charge in [0.25, 0.3) is 0 Å². The molecule has 0 radical (unpaired) electrons. The summed E-state index contributed by atoms with van der Waals surface area (Å²) in [4.78, 5) is 6.87. The summed E-state index contributed by atoms with van der Waals surface area (Å²) >= 11 is 0. The second-order valence-electron chi connectivity index (χ2n) is 5.46. The van der Waals surface area contributed by atoms with Gasteiger partial charge in [-0.1, -0.05) is 6.92 Å². The summed E-state index contributed by atoms with van der Waals surface area (Å²) in [7, 11) is 0. The van der Waals surface area contributed by atoms with Gasteiger partial charge in [-0.2, -0.15) is 10.4 Å². The van der Waals surface area contributed by atoms with Crippen LogP contribution in [0.25, 0.3) is 0 Å². The molecule has 0 aromatic carbocycles. The molecule has 0 unspecified atom stereocenters. The van der Waals surface area contributed by atoms with Crippen molar-refractivity contribution in [1.29, 1.82) is 5.26 Å². The molecule has 2 aromatic rings. The maximum absolute atomic E-state index is 8.97. The average Bonchev–Trinajstić information content (AvgIpc) is 3.03. The number of hydrogen-bond donors (Lipinski definition) is 0. The minimum atomic E-state index is 0.513. The van der Waals surface area contributed by atoms with Gasteiger partial charge >= 0.3 is 0 Å². The van der Waals surface area contributed by atoms with Crippen LogP contribution in [-0.4, -0.2) is 30.8 Å². The molecule has 0 N–H and O–H groups in total. The highest BCUT2D eigenvalue weighted by Crippen LogP contribution is 2.15. The Morgan fingerprint density at radius 3 is 3.10 bits per heavy atom. The second kappa shape index (κ2) is 6.10. The summed E-state index contributed by atoms with van der Waals surface area (Å²) in [6.45, 7) is 6.78. The number of rotatable bonds is 4. The number of imidazole rings is 1.